The molecule has 0 atom stereocenters. The number of hydrogen-bond donors (Lipinski definition) is 2. The predicted octanol–water partition coefficient (Wildman–Crippen LogP) is 3.26. The first kappa shape index (κ1) is 18.2. The SMILES string of the molecule is COc1ccc(NC(=O)c2ccc(NC(=O)CCC(C)=O)cc2)cc1. The Bertz CT molecular complexity index is 752. The summed E-state index contributed by atoms with van der Waals surface area (Å²) < 4.78 is 5.07. The van der Waals surface area contributed by atoms with Crippen molar-refractivity contribution in [2.75, 3.05) is 17.7 Å². The molecule has 2 aromatic carbocycles. The van der Waals surface area contributed by atoms with Crippen molar-refractivity contribution in [3.05, 3.63) is 54.1 Å². The fourth-order valence-electron chi connectivity index (χ4n) is 2.10. The van der Waals surface area contributed by atoms with Gasteiger partial charge in [-0.3, -0.25) is 9.59 Å². The lowest BCUT2D eigenvalue weighted by Crippen LogP contribution is -2.14. The van der Waals surface area contributed by atoms with Crippen molar-refractivity contribution in [3.8, 4) is 5.75 Å². The molecular formula is C19H20N2O4. The number of hydrogen-bond acceptors (Lipinski definition) is 4. The number of methoxy groups -OCH3 is 1. The van der Waals surface area contributed by atoms with Crippen molar-refractivity contribution in [2.24, 2.45) is 0 Å². The first-order chi connectivity index (χ1) is 12.0. The highest BCUT2D eigenvalue weighted by molar-refractivity contribution is 6.04. The molecule has 0 heterocycles. The van der Waals surface area contributed by atoms with E-state index in [1.165, 1.54) is 6.92 Å². The van der Waals surface area contributed by atoms with Gasteiger partial charge in [-0.15, -0.1) is 0 Å². The van der Waals surface area contributed by atoms with E-state index in [1.807, 2.05) is 0 Å². The molecule has 6 nitrogen and oxygen atoms in total. The van der Waals surface area contributed by atoms with E-state index in [1.54, 1.807) is 55.6 Å². The summed E-state index contributed by atoms with van der Waals surface area (Å²) in [6, 6.07) is 13.6. The van der Waals surface area contributed by atoms with Gasteiger partial charge in [0.2, 0.25) is 5.91 Å². The van der Waals surface area contributed by atoms with Crippen LogP contribution < -0.4 is 15.4 Å². The Kier molecular flexibility index (Phi) is 6.28. The number of benzene rings is 2. The van der Waals surface area contributed by atoms with Gasteiger partial charge < -0.3 is 20.2 Å². The third kappa shape index (κ3) is 5.76. The second-order valence-electron chi connectivity index (χ2n) is 5.51. The van der Waals surface area contributed by atoms with Gasteiger partial charge in [0.15, 0.2) is 0 Å². The molecular weight excluding hydrogens is 320 g/mol. The summed E-state index contributed by atoms with van der Waals surface area (Å²) in [5, 5.41) is 5.47. The van der Waals surface area contributed by atoms with Gasteiger partial charge in [0.25, 0.3) is 5.91 Å². The molecule has 0 aliphatic heterocycles. The average molecular weight is 340 g/mol. The summed E-state index contributed by atoms with van der Waals surface area (Å²) in [5.41, 5.74) is 1.71. The van der Waals surface area contributed by atoms with Crippen LogP contribution in [-0.2, 0) is 9.59 Å². The smallest absolute Gasteiger partial charge is 0.255 e. The molecule has 25 heavy (non-hydrogen) atoms. The van der Waals surface area contributed by atoms with E-state index in [4.69, 9.17) is 4.74 Å². The summed E-state index contributed by atoms with van der Waals surface area (Å²) in [7, 11) is 1.58. The third-order valence-electron chi connectivity index (χ3n) is 3.48. The minimum absolute atomic E-state index is 0.0271. The molecule has 2 N–H and O–H groups in total. The van der Waals surface area contributed by atoms with Gasteiger partial charge in [-0.1, -0.05) is 0 Å². The highest BCUT2D eigenvalue weighted by Gasteiger charge is 2.08. The van der Waals surface area contributed by atoms with Crippen LogP contribution in [-0.4, -0.2) is 24.7 Å². The maximum Gasteiger partial charge on any atom is 0.255 e. The van der Waals surface area contributed by atoms with Crippen LogP contribution in [0, 0.1) is 0 Å². The minimum Gasteiger partial charge on any atom is -0.497 e. The number of anilines is 2. The second kappa shape index (κ2) is 8.63. The average Bonchev–Trinajstić information content (AvgIpc) is 2.61. The molecule has 0 bridgehead atoms. The molecule has 0 aliphatic rings. The third-order valence-corrected chi connectivity index (χ3v) is 3.48. The quantitative estimate of drug-likeness (QED) is 0.810. The highest BCUT2D eigenvalue weighted by atomic mass is 16.5. The fraction of sp³-hybridized carbons (Fsp3) is 0.211. The molecule has 0 aromatic heterocycles. The predicted molar refractivity (Wildman–Crippen MR) is 95.9 cm³/mol. The van der Waals surface area contributed by atoms with Crippen LogP contribution in [0.3, 0.4) is 0 Å². The van der Waals surface area contributed by atoms with E-state index in [-0.39, 0.29) is 30.4 Å². The van der Waals surface area contributed by atoms with Crippen molar-refractivity contribution >= 4 is 29.0 Å². The van der Waals surface area contributed by atoms with E-state index in [0.717, 1.165) is 0 Å². The highest BCUT2D eigenvalue weighted by Crippen LogP contribution is 2.17. The van der Waals surface area contributed by atoms with E-state index >= 15 is 0 Å². The van der Waals surface area contributed by atoms with Crippen LogP contribution in [0.1, 0.15) is 30.1 Å². The molecule has 0 radical (unpaired) electrons. The number of carbonyl (C=O) groups is 3. The Morgan fingerprint density at radius 3 is 1.96 bits per heavy atom. The van der Waals surface area contributed by atoms with Crippen molar-refractivity contribution in [2.45, 2.75) is 19.8 Å². The summed E-state index contributed by atoms with van der Waals surface area (Å²) >= 11 is 0. The van der Waals surface area contributed by atoms with Crippen LogP contribution in [0.15, 0.2) is 48.5 Å². The Hall–Kier alpha value is -3.15. The van der Waals surface area contributed by atoms with Gasteiger partial charge >= 0.3 is 0 Å². The zero-order valence-corrected chi connectivity index (χ0v) is 14.2. The second-order valence-corrected chi connectivity index (χ2v) is 5.51. The molecule has 6 heteroatoms. The van der Waals surface area contributed by atoms with Crippen LogP contribution >= 0.6 is 0 Å². The number of ketones is 1. The number of carbonyl (C=O) groups excluding carboxylic acids is 3. The van der Waals surface area contributed by atoms with E-state index in [2.05, 4.69) is 10.6 Å². The Morgan fingerprint density at radius 1 is 0.840 bits per heavy atom. The van der Waals surface area contributed by atoms with Gasteiger partial charge in [-0.2, -0.15) is 0 Å². The molecule has 0 fully saturated rings. The van der Waals surface area contributed by atoms with Crippen molar-refractivity contribution in [1.82, 2.24) is 0 Å². The van der Waals surface area contributed by atoms with Crippen molar-refractivity contribution in [1.29, 1.82) is 0 Å². The largest absolute Gasteiger partial charge is 0.497 e. The standard InChI is InChI=1S/C19H20N2O4/c1-13(22)3-12-18(23)20-15-6-4-14(5-7-15)19(24)21-16-8-10-17(25-2)11-9-16/h4-11H,3,12H2,1-2H3,(H,20,23)(H,21,24). The van der Waals surface area contributed by atoms with Crippen LogP contribution in [0.4, 0.5) is 11.4 Å². The first-order valence-corrected chi connectivity index (χ1v) is 7.82. The minimum atomic E-state index is -0.250. The molecule has 0 saturated heterocycles. The van der Waals surface area contributed by atoms with Gasteiger partial charge in [0.05, 0.1) is 7.11 Å². The van der Waals surface area contributed by atoms with E-state index in [0.29, 0.717) is 22.7 Å². The molecule has 0 saturated carbocycles. The number of amides is 2. The zero-order valence-electron chi connectivity index (χ0n) is 14.2. The molecule has 130 valence electrons. The zero-order chi connectivity index (χ0) is 18.2. The molecule has 2 amide bonds. The number of Topliss-reactive ketones (excluding diaryl/α,β-unsaturated/α-hetero) is 1. The van der Waals surface area contributed by atoms with Gasteiger partial charge in [-0.25, -0.2) is 0 Å². The molecule has 0 unspecified atom stereocenters. The van der Waals surface area contributed by atoms with Crippen molar-refractivity contribution < 1.29 is 19.1 Å². The Morgan fingerprint density at radius 2 is 1.40 bits per heavy atom. The monoisotopic (exact) mass is 340 g/mol. The topological polar surface area (TPSA) is 84.5 Å². The summed E-state index contributed by atoms with van der Waals surface area (Å²) in [5.74, 6) is 0.203. The van der Waals surface area contributed by atoms with Crippen LogP contribution in [0.5, 0.6) is 5.75 Å². The summed E-state index contributed by atoms with van der Waals surface area (Å²) in [6.07, 6.45) is 0.364. The molecule has 2 aromatic rings. The summed E-state index contributed by atoms with van der Waals surface area (Å²) in [4.78, 5) is 34.8. The lowest BCUT2D eigenvalue weighted by Gasteiger charge is -2.08. The van der Waals surface area contributed by atoms with Crippen LogP contribution in [0.2, 0.25) is 0 Å². The Labute approximate surface area is 146 Å². The number of ether oxygens (including phenoxy) is 1. The lowest BCUT2D eigenvalue weighted by molar-refractivity contribution is -0.121. The number of rotatable bonds is 7. The molecule has 2 rings (SSSR count). The lowest BCUT2D eigenvalue weighted by atomic mass is 10.1. The van der Waals surface area contributed by atoms with Crippen molar-refractivity contribution in [3.63, 3.8) is 0 Å². The maximum absolute atomic E-state index is 12.2. The maximum atomic E-state index is 12.2. The summed E-state index contributed by atoms with van der Waals surface area (Å²) in [6.45, 7) is 1.45. The first-order valence-electron chi connectivity index (χ1n) is 7.82. The van der Waals surface area contributed by atoms with E-state index < -0.39 is 0 Å². The van der Waals surface area contributed by atoms with Gasteiger partial charge in [0.1, 0.15) is 11.5 Å². The fourth-order valence-corrected chi connectivity index (χ4v) is 2.10. The molecule has 0 aliphatic carbocycles. The normalized spacial score (nSPS) is 10.0. The number of nitrogens with one attached hydrogen (secondary N) is 2. The van der Waals surface area contributed by atoms with Gasteiger partial charge in [-0.05, 0) is 55.5 Å². The molecule has 0 spiro atoms. The van der Waals surface area contributed by atoms with Gasteiger partial charge in [0, 0.05) is 29.8 Å². The van der Waals surface area contributed by atoms with E-state index in [9.17, 15) is 14.4 Å². The Balaban J connectivity index is 1.92. The van der Waals surface area contributed by atoms with Crippen LogP contribution in [0.25, 0.3) is 0 Å².